The highest BCUT2D eigenvalue weighted by Gasteiger charge is 2.30. The summed E-state index contributed by atoms with van der Waals surface area (Å²) in [4.78, 5) is 42.1. The van der Waals surface area contributed by atoms with Crippen LogP contribution in [0.1, 0.15) is 18.4 Å². The number of hydrogen-bond donors (Lipinski definition) is 0. The maximum Gasteiger partial charge on any atom is 0.416 e. The molecule has 30 heavy (non-hydrogen) atoms. The second kappa shape index (κ2) is 8.68. The molecule has 0 aliphatic carbocycles. The molecule has 0 atom stereocenters. The molecule has 3 rings (SSSR count). The summed E-state index contributed by atoms with van der Waals surface area (Å²) in [5.41, 5.74) is -0.696. The van der Waals surface area contributed by atoms with Gasteiger partial charge in [0.05, 0.1) is 30.6 Å². The number of alkyl halides is 3. The summed E-state index contributed by atoms with van der Waals surface area (Å²) in [6.45, 7) is 0.580. The van der Waals surface area contributed by atoms with Gasteiger partial charge in [0.25, 0.3) is 5.56 Å². The van der Waals surface area contributed by atoms with E-state index in [-0.39, 0.29) is 30.0 Å². The zero-order valence-corrected chi connectivity index (χ0v) is 16.2. The lowest BCUT2D eigenvalue weighted by atomic mass is 9.97. The fourth-order valence-electron chi connectivity index (χ4n) is 3.31. The number of aromatic nitrogens is 2. The molecule has 0 radical (unpaired) electrons. The molecule has 1 aromatic heterocycles. The molecule has 0 spiro atoms. The van der Waals surface area contributed by atoms with E-state index < -0.39 is 17.3 Å². The monoisotopic (exact) mass is 423 g/mol. The van der Waals surface area contributed by atoms with Crippen molar-refractivity contribution in [3.05, 3.63) is 52.6 Å². The van der Waals surface area contributed by atoms with Crippen molar-refractivity contribution in [1.82, 2.24) is 14.5 Å². The third-order valence-electron chi connectivity index (χ3n) is 5.08. The summed E-state index contributed by atoms with van der Waals surface area (Å²) >= 11 is 0. The topological polar surface area (TPSA) is 81.5 Å². The minimum Gasteiger partial charge on any atom is -0.469 e. The van der Waals surface area contributed by atoms with Gasteiger partial charge in [0.2, 0.25) is 5.91 Å². The van der Waals surface area contributed by atoms with Crippen LogP contribution in [-0.2, 0) is 27.0 Å². The van der Waals surface area contributed by atoms with Crippen LogP contribution in [0.3, 0.4) is 0 Å². The van der Waals surface area contributed by atoms with Crippen molar-refractivity contribution >= 4 is 11.9 Å². The number of ether oxygens (including phenoxy) is 1. The maximum atomic E-state index is 12.7. The number of carbonyl (C=O) groups excluding carboxylic acids is 2. The summed E-state index contributed by atoms with van der Waals surface area (Å²) in [5, 5.41) is 0. The first kappa shape index (κ1) is 21.5. The zero-order valence-electron chi connectivity index (χ0n) is 16.2. The lowest BCUT2D eigenvalue weighted by molar-refractivity contribution is -0.149. The smallest absolute Gasteiger partial charge is 0.416 e. The Morgan fingerprint density at radius 1 is 1.17 bits per heavy atom. The van der Waals surface area contributed by atoms with Gasteiger partial charge in [0.1, 0.15) is 6.54 Å². The molecule has 1 aliphatic heterocycles. The van der Waals surface area contributed by atoms with Gasteiger partial charge in [-0.3, -0.25) is 19.0 Å². The first-order chi connectivity index (χ1) is 14.2. The average Bonchev–Trinajstić information content (AvgIpc) is 2.74. The largest absolute Gasteiger partial charge is 0.469 e. The van der Waals surface area contributed by atoms with Gasteiger partial charge in [-0.2, -0.15) is 13.2 Å². The Morgan fingerprint density at radius 3 is 2.33 bits per heavy atom. The van der Waals surface area contributed by atoms with Crippen LogP contribution in [0.4, 0.5) is 13.2 Å². The average molecular weight is 423 g/mol. The van der Waals surface area contributed by atoms with Crippen LogP contribution < -0.4 is 5.56 Å². The van der Waals surface area contributed by atoms with Crippen molar-refractivity contribution in [2.75, 3.05) is 20.2 Å². The highest BCUT2D eigenvalue weighted by Crippen LogP contribution is 2.30. The SMILES string of the molecule is COC(=O)C1CCN(C(=O)Cn2cnc(-c3ccc(C(F)(F)F)cc3)cc2=O)CC1. The third kappa shape index (κ3) is 4.87. The summed E-state index contributed by atoms with van der Waals surface area (Å²) in [6, 6.07) is 5.50. The van der Waals surface area contributed by atoms with Gasteiger partial charge in [-0.1, -0.05) is 12.1 Å². The summed E-state index contributed by atoms with van der Waals surface area (Å²) in [5.74, 6) is -0.794. The molecule has 0 N–H and O–H groups in total. The van der Waals surface area contributed by atoms with Crippen molar-refractivity contribution in [2.45, 2.75) is 25.6 Å². The highest BCUT2D eigenvalue weighted by molar-refractivity contribution is 5.77. The number of rotatable bonds is 4. The van der Waals surface area contributed by atoms with Crippen LogP contribution in [0.2, 0.25) is 0 Å². The molecule has 160 valence electrons. The van der Waals surface area contributed by atoms with Crippen molar-refractivity contribution in [1.29, 1.82) is 0 Å². The quantitative estimate of drug-likeness (QED) is 0.706. The van der Waals surface area contributed by atoms with Gasteiger partial charge in [-0.15, -0.1) is 0 Å². The molecule has 1 aromatic carbocycles. The van der Waals surface area contributed by atoms with E-state index in [0.29, 0.717) is 31.5 Å². The van der Waals surface area contributed by atoms with Gasteiger partial charge < -0.3 is 9.64 Å². The number of likely N-dealkylation sites (tertiary alicyclic amines) is 1. The van der Waals surface area contributed by atoms with E-state index in [4.69, 9.17) is 4.74 Å². The number of benzene rings is 1. The Hall–Kier alpha value is -3.17. The minimum absolute atomic E-state index is 0.206. The molecule has 0 saturated carbocycles. The fraction of sp³-hybridized carbons (Fsp3) is 0.400. The van der Waals surface area contributed by atoms with Gasteiger partial charge in [-0.05, 0) is 25.0 Å². The van der Waals surface area contributed by atoms with Crippen LogP contribution in [0, 0.1) is 5.92 Å². The molecular formula is C20H20F3N3O4. The number of nitrogens with zero attached hydrogens (tertiary/aromatic N) is 3. The van der Waals surface area contributed by atoms with E-state index in [1.54, 1.807) is 4.90 Å². The normalized spacial score (nSPS) is 15.1. The minimum atomic E-state index is -4.44. The lowest BCUT2D eigenvalue weighted by Gasteiger charge is -2.30. The Labute approximate surface area is 170 Å². The van der Waals surface area contributed by atoms with E-state index in [9.17, 15) is 27.6 Å². The molecule has 1 fully saturated rings. The zero-order chi connectivity index (χ0) is 21.9. The molecule has 2 aromatic rings. The molecule has 10 heteroatoms. The summed E-state index contributed by atoms with van der Waals surface area (Å²) in [7, 11) is 1.33. The Morgan fingerprint density at radius 2 is 1.80 bits per heavy atom. The molecule has 2 heterocycles. The van der Waals surface area contributed by atoms with Crippen molar-refractivity contribution in [3.63, 3.8) is 0 Å². The van der Waals surface area contributed by atoms with Gasteiger partial charge in [0, 0.05) is 24.7 Å². The summed E-state index contributed by atoms with van der Waals surface area (Å²) < 4.78 is 43.9. The number of methoxy groups -OCH3 is 1. The number of carbonyl (C=O) groups is 2. The van der Waals surface area contributed by atoms with Crippen molar-refractivity contribution in [3.8, 4) is 11.3 Å². The van der Waals surface area contributed by atoms with E-state index in [1.807, 2.05) is 0 Å². The number of piperidine rings is 1. The lowest BCUT2D eigenvalue weighted by Crippen LogP contribution is -2.43. The number of halogens is 3. The highest BCUT2D eigenvalue weighted by atomic mass is 19.4. The first-order valence-corrected chi connectivity index (χ1v) is 9.29. The predicted molar refractivity (Wildman–Crippen MR) is 100 cm³/mol. The molecule has 1 saturated heterocycles. The van der Waals surface area contributed by atoms with Crippen LogP contribution in [0.5, 0.6) is 0 Å². The molecule has 0 bridgehead atoms. The van der Waals surface area contributed by atoms with Gasteiger partial charge >= 0.3 is 12.1 Å². The predicted octanol–water partition coefficient (Wildman–Crippen LogP) is 2.34. The second-order valence-corrected chi connectivity index (χ2v) is 6.99. The number of esters is 1. The van der Waals surface area contributed by atoms with Crippen LogP contribution in [-0.4, -0.2) is 46.5 Å². The first-order valence-electron chi connectivity index (χ1n) is 9.29. The van der Waals surface area contributed by atoms with Crippen molar-refractivity contribution < 1.29 is 27.5 Å². The van der Waals surface area contributed by atoms with Gasteiger partial charge in [-0.25, -0.2) is 4.98 Å². The van der Waals surface area contributed by atoms with E-state index in [0.717, 1.165) is 16.7 Å². The molecule has 7 nitrogen and oxygen atoms in total. The van der Waals surface area contributed by atoms with E-state index >= 15 is 0 Å². The summed E-state index contributed by atoms with van der Waals surface area (Å²) in [6.07, 6.45) is -2.24. The Bertz CT molecular complexity index is 978. The van der Waals surface area contributed by atoms with E-state index in [1.165, 1.54) is 31.6 Å². The fourth-order valence-corrected chi connectivity index (χ4v) is 3.31. The molecule has 0 unspecified atom stereocenters. The number of hydrogen-bond acceptors (Lipinski definition) is 5. The Balaban J connectivity index is 1.65. The number of amides is 1. The van der Waals surface area contributed by atoms with Gasteiger partial charge in [0.15, 0.2) is 0 Å². The van der Waals surface area contributed by atoms with Crippen LogP contribution in [0.25, 0.3) is 11.3 Å². The molecular weight excluding hydrogens is 403 g/mol. The maximum absolute atomic E-state index is 12.7. The van der Waals surface area contributed by atoms with Crippen LogP contribution >= 0.6 is 0 Å². The third-order valence-corrected chi connectivity index (χ3v) is 5.08. The van der Waals surface area contributed by atoms with E-state index in [2.05, 4.69) is 4.98 Å². The van der Waals surface area contributed by atoms with Crippen LogP contribution in [0.15, 0.2) is 41.5 Å². The Kier molecular flexibility index (Phi) is 6.23. The second-order valence-electron chi connectivity index (χ2n) is 6.99. The van der Waals surface area contributed by atoms with Crippen molar-refractivity contribution in [2.24, 2.45) is 5.92 Å². The molecule has 1 amide bonds. The molecule has 1 aliphatic rings. The standard InChI is InChI=1S/C20H20F3N3O4/c1-30-19(29)14-6-8-25(9-7-14)18(28)11-26-12-24-16(10-17(26)27)13-2-4-15(5-3-13)20(21,22)23/h2-5,10,12,14H,6-9,11H2,1H3.